The summed E-state index contributed by atoms with van der Waals surface area (Å²) < 4.78 is 2.06. The first-order chi connectivity index (χ1) is 8.29. The molecule has 3 rings (SSSR count). The zero-order chi connectivity index (χ0) is 11.8. The topological polar surface area (TPSA) is 17.8 Å². The van der Waals surface area contributed by atoms with Gasteiger partial charge in [0.15, 0.2) is 0 Å². The van der Waals surface area contributed by atoms with Crippen LogP contribution in [0.5, 0.6) is 0 Å². The van der Waals surface area contributed by atoms with E-state index >= 15 is 0 Å². The summed E-state index contributed by atoms with van der Waals surface area (Å²) in [5, 5.41) is 4.80. The monoisotopic (exact) mass is 282 g/mol. The van der Waals surface area contributed by atoms with E-state index in [0.717, 1.165) is 22.5 Å². The summed E-state index contributed by atoms with van der Waals surface area (Å²) in [7, 11) is 0. The number of nitrogens with zero attached hydrogens (tertiary/aromatic N) is 2. The van der Waals surface area contributed by atoms with Crippen molar-refractivity contribution in [2.75, 3.05) is 0 Å². The number of aromatic nitrogens is 2. The molecule has 0 spiro atoms. The molecule has 17 heavy (non-hydrogen) atoms. The van der Waals surface area contributed by atoms with Crippen molar-refractivity contribution in [1.29, 1.82) is 0 Å². The summed E-state index contributed by atoms with van der Waals surface area (Å²) in [5.74, 6) is 1.21. The first kappa shape index (κ1) is 11.1. The lowest BCUT2D eigenvalue weighted by atomic mass is 10.3. The molecule has 2 aromatic heterocycles. The maximum atomic E-state index is 5.97. The number of hydrogen-bond donors (Lipinski definition) is 0. The minimum atomic E-state index is 0.377. The molecule has 0 amide bonds. The van der Waals surface area contributed by atoms with E-state index in [1.165, 1.54) is 0 Å². The molecule has 86 valence electrons. The zero-order valence-corrected chi connectivity index (χ0v) is 11.1. The van der Waals surface area contributed by atoms with Gasteiger partial charge in [-0.2, -0.15) is 11.3 Å². The Balaban J connectivity index is 2.35. The molecule has 0 aliphatic carbocycles. The highest BCUT2D eigenvalue weighted by atomic mass is 35.5. The first-order valence-corrected chi connectivity index (χ1v) is 6.90. The van der Waals surface area contributed by atoms with Crippen LogP contribution in [0.25, 0.3) is 16.7 Å². The maximum Gasteiger partial charge on any atom is 0.129 e. The SMILES string of the molecule is ClCc1nc2cc(Cl)ccc2n1-c1ccsc1. The van der Waals surface area contributed by atoms with E-state index in [1.54, 1.807) is 11.3 Å². The first-order valence-electron chi connectivity index (χ1n) is 5.05. The van der Waals surface area contributed by atoms with Crippen LogP contribution >= 0.6 is 34.5 Å². The summed E-state index contributed by atoms with van der Waals surface area (Å²) in [4.78, 5) is 4.50. The minimum Gasteiger partial charge on any atom is -0.294 e. The molecular weight excluding hydrogens is 275 g/mol. The van der Waals surface area contributed by atoms with Crippen LogP contribution in [0.4, 0.5) is 0 Å². The van der Waals surface area contributed by atoms with Gasteiger partial charge >= 0.3 is 0 Å². The lowest BCUT2D eigenvalue weighted by molar-refractivity contribution is 0.987. The van der Waals surface area contributed by atoms with Crippen molar-refractivity contribution >= 4 is 45.6 Å². The summed E-state index contributed by atoms with van der Waals surface area (Å²) in [6.45, 7) is 0. The number of thiophene rings is 1. The normalized spacial score (nSPS) is 11.2. The number of fused-ring (bicyclic) bond motifs is 1. The van der Waals surface area contributed by atoms with E-state index in [-0.39, 0.29) is 0 Å². The van der Waals surface area contributed by atoms with Crippen LogP contribution in [0.15, 0.2) is 35.0 Å². The van der Waals surface area contributed by atoms with Gasteiger partial charge in [0, 0.05) is 10.4 Å². The van der Waals surface area contributed by atoms with Crippen LogP contribution in [-0.4, -0.2) is 9.55 Å². The fourth-order valence-electron chi connectivity index (χ4n) is 1.87. The van der Waals surface area contributed by atoms with Crippen LogP contribution in [0.1, 0.15) is 5.82 Å². The molecule has 0 saturated carbocycles. The average Bonchev–Trinajstić information content (AvgIpc) is 2.93. The van der Waals surface area contributed by atoms with Gasteiger partial charge in [-0.3, -0.25) is 4.57 Å². The quantitative estimate of drug-likeness (QED) is 0.634. The van der Waals surface area contributed by atoms with E-state index in [1.807, 2.05) is 23.6 Å². The maximum absolute atomic E-state index is 5.97. The van der Waals surface area contributed by atoms with E-state index in [0.29, 0.717) is 10.9 Å². The van der Waals surface area contributed by atoms with Gasteiger partial charge in [0.1, 0.15) is 5.82 Å². The molecule has 0 atom stereocenters. The van der Waals surface area contributed by atoms with Crippen molar-refractivity contribution in [2.45, 2.75) is 5.88 Å². The van der Waals surface area contributed by atoms with Gasteiger partial charge in [0.25, 0.3) is 0 Å². The molecule has 5 heteroatoms. The van der Waals surface area contributed by atoms with Gasteiger partial charge in [-0.25, -0.2) is 4.98 Å². The second-order valence-electron chi connectivity index (χ2n) is 3.61. The lowest BCUT2D eigenvalue weighted by Gasteiger charge is -2.04. The van der Waals surface area contributed by atoms with Gasteiger partial charge in [-0.05, 0) is 29.6 Å². The van der Waals surface area contributed by atoms with Crippen molar-refractivity contribution in [2.24, 2.45) is 0 Å². The van der Waals surface area contributed by atoms with Crippen molar-refractivity contribution in [3.63, 3.8) is 0 Å². The Labute approximate surface area is 112 Å². The molecule has 0 radical (unpaired) electrons. The molecule has 0 unspecified atom stereocenters. The number of hydrogen-bond acceptors (Lipinski definition) is 2. The van der Waals surface area contributed by atoms with E-state index < -0.39 is 0 Å². The van der Waals surface area contributed by atoms with Gasteiger partial charge in [-0.1, -0.05) is 11.6 Å². The van der Waals surface area contributed by atoms with Gasteiger partial charge in [0.05, 0.1) is 22.6 Å². The van der Waals surface area contributed by atoms with E-state index in [9.17, 15) is 0 Å². The zero-order valence-electron chi connectivity index (χ0n) is 8.73. The molecule has 0 N–H and O–H groups in total. The fraction of sp³-hybridized carbons (Fsp3) is 0.0833. The van der Waals surface area contributed by atoms with Gasteiger partial charge < -0.3 is 0 Å². The Morgan fingerprint density at radius 1 is 1.29 bits per heavy atom. The third-order valence-electron chi connectivity index (χ3n) is 2.57. The molecule has 1 aromatic carbocycles. The highest BCUT2D eigenvalue weighted by molar-refractivity contribution is 7.08. The Hall–Kier alpha value is -1.03. The number of benzene rings is 1. The third kappa shape index (κ3) is 1.84. The van der Waals surface area contributed by atoms with Crippen molar-refractivity contribution < 1.29 is 0 Å². The summed E-state index contributed by atoms with van der Waals surface area (Å²) in [6, 6.07) is 7.75. The molecule has 0 aliphatic rings. The largest absolute Gasteiger partial charge is 0.294 e. The van der Waals surface area contributed by atoms with Crippen LogP contribution in [0, 0.1) is 0 Å². The van der Waals surface area contributed by atoms with Gasteiger partial charge in [0.2, 0.25) is 0 Å². The highest BCUT2D eigenvalue weighted by Gasteiger charge is 2.11. The second kappa shape index (κ2) is 4.33. The molecule has 0 fully saturated rings. The second-order valence-corrected chi connectivity index (χ2v) is 5.10. The minimum absolute atomic E-state index is 0.377. The van der Waals surface area contributed by atoms with Crippen LogP contribution < -0.4 is 0 Å². The van der Waals surface area contributed by atoms with Crippen molar-refractivity contribution in [3.05, 3.63) is 45.9 Å². The van der Waals surface area contributed by atoms with Crippen LogP contribution in [0.3, 0.4) is 0 Å². The lowest BCUT2D eigenvalue weighted by Crippen LogP contribution is -1.97. The smallest absolute Gasteiger partial charge is 0.129 e. The number of imidazole rings is 1. The van der Waals surface area contributed by atoms with Crippen LogP contribution in [-0.2, 0) is 5.88 Å². The van der Waals surface area contributed by atoms with Crippen molar-refractivity contribution in [3.8, 4) is 5.69 Å². The molecule has 0 bridgehead atoms. The summed E-state index contributed by atoms with van der Waals surface area (Å²) in [6.07, 6.45) is 0. The molecular formula is C12H8Cl2N2S. The third-order valence-corrected chi connectivity index (χ3v) is 3.71. The summed E-state index contributed by atoms with van der Waals surface area (Å²) >= 11 is 13.6. The molecule has 2 heterocycles. The van der Waals surface area contributed by atoms with E-state index in [2.05, 4.69) is 21.0 Å². The van der Waals surface area contributed by atoms with Crippen molar-refractivity contribution in [1.82, 2.24) is 9.55 Å². The predicted molar refractivity (Wildman–Crippen MR) is 73.5 cm³/mol. The molecule has 3 aromatic rings. The number of rotatable bonds is 2. The predicted octanol–water partition coefficient (Wildman–Crippen LogP) is 4.48. The summed E-state index contributed by atoms with van der Waals surface area (Å²) in [5.41, 5.74) is 3.00. The van der Waals surface area contributed by atoms with E-state index in [4.69, 9.17) is 23.2 Å². The molecule has 0 saturated heterocycles. The molecule has 2 nitrogen and oxygen atoms in total. The number of halogens is 2. The Bertz CT molecular complexity index is 659. The Morgan fingerprint density at radius 2 is 2.18 bits per heavy atom. The molecule has 0 aliphatic heterocycles. The highest BCUT2D eigenvalue weighted by Crippen LogP contribution is 2.26. The average molecular weight is 283 g/mol. The Kier molecular flexibility index (Phi) is 2.82. The Morgan fingerprint density at radius 3 is 2.88 bits per heavy atom. The fourth-order valence-corrected chi connectivity index (χ4v) is 2.83. The van der Waals surface area contributed by atoms with Crippen LogP contribution in [0.2, 0.25) is 5.02 Å². The number of alkyl halides is 1. The standard InChI is InChI=1S/C12H8Cl2N2S/c13-6-12-15-10-5-8(14)1-2-11(10)16(12)9-3-4-17-7-9/h1-5,7H,6H2. The van der Waals surface area contributed by atoms with Gasteiger partial charge in [-0.15, -0.1) is 11.6 Å².